The molecule has 1 N–H and O–H groups in total. The summed E-state index contributed by atoms with van der Waals surface area (Å²) < 4.78 is 39.4. The molecule has 0 radical (unpaired) electrons. The molecule has 2 heterocycles. The third kappa shape index (κ3) is 4.02. The van der Waals surface area contributed by atoms with Crippen LogP contribution in [0.1, 0.15) is 31.7 Å². The lowest BCUT2D eigenvalue weighted by molar-refractivity contribution is -0.128. The predicted octanol–water partition coefficient (Wildman–Crippen LogP) is 3.34. The van der Waals surface area contributed by atoms with Crippen molar-refractivity contribution in [2.45, 2.75) is 50.2 Å². The standard InChI is InChI=1S/C22H26N2O5S/c1-15-10-11-17(14-20(15)30(26,27)24-12-6-3-7-13-24)23-22(25)21-16(2)28-18-8-4-5-9-19(18)29-21/h4-5,8-11,14,16,21H,3,6-7,12-13H2,1-2H3,(H,23,25)/t16-,21-/m0/s1. The van der Waals surface area contributed by atoms with E-state index in [0.717, 1.165) is 19.3 Å². The molecule has 2 aromatic rings. The van der Waals surface area contributed by atoms with Crippen molar-refractivity contribution in [1.29, 1.82) is 0 Å². The largest absolute Gasteiger partial charge is 0.482 e. The van der Waals surface area contributed by atoms with Gasteiger partial charge in [0.05, 0.1) is 4.90 Å². The van der Waals surface area contributed by atoms with Crippen LogP contribution >= 0.6 is 0 Å². The zero-order chi connectivity index (χ0) is 21.3. The highest BCUT2D eigenvalue weighted by molar-refractivity contribution is 7.89. The van der Waals surface area contributed by atoms with Gasteiger partial charge in [-0.2, -0.15) is 4.31 Å². The first kappa shape index (κ1) is 20.7. The minimum atomic E-state index is -3.60. The number of sulfonamides is 1. The molecule has 0 aromatic heterocycles. The van der Waals surface area contributed by atoms with Crippen molar-refractivity contribution in [2.24, 2.45) is 0 Å². The van der Waals surface area contributed by atoms with Crippen molar-refractivity contribution in [1.82, 2.24) is 4.31 Å². The Balaban J connectivity index is 1.54. The summed E-state index contributed by atoms with van der Waals surface area (Å²) >= 11 is 0. The van der Waals surface area contributed by atoms with E-state index in [1.807, 2.05) is 12.1 Å². The van der Waals surface area contributed by atoms with Crippen molar-refractivity contribution in [2.75, 3.05) is 18.4 Å². The molecule has 2 aromatic carbocycles. The van der Waals surface area contributed by atoms with Gasteiger partial charge in [-0.05, 0) is 56.5 Å². The number of carbonyl (C=O) groups excluding carboxylic acids is 1. The highest BCUT2D eigenvalue weighted by atomic mass is 32.2. The number of rotatable bonds is 4. The molecule has 0 spiro atoms. The van der Waals surface area contributed by atoms with E-state index in [1.54, 1.807) is 38.1 Å². The Morgan fingerprint density at radius 1 is 1.03 bits per heavy atom. The molecule has 0 bridgehead atoms. The van der Waals surface area contributed by atoms with Crippen LogP contribution in [0.2, 0.25) is 0 Å². The Morgan fingerprint density at radius 3 is 2.40 bits per heavy atom. The molecular weight excluding hydrogens is 404 g/mol. The second-order valence-electron chi connectivity index (χ2n) is 7.74. The summed E-state index contributed by atoms with van der Waals surface area (Å²) in [6.07, 6.45) is 1.46. The highest BCUT2D eigenvalue weighted by Gasteiger charge is 2.34. The first-order chi connectivity index (χ1) is 14.4. The second-order valence-corrected chi connectivity index (χ2v) is 9.65. The number of ether oxygens (including phenoxy) is 2. The number of fused-ring (bicyclic) bond motifs is 1. The molecule has 0 unspecified atom stereocenters. The van der Waals surface area contributed by atoms with Crippen molar-refractivity contribution in [3.8, 4) is 11.5 Å². The second kappa shape index (κ2) is 8.28. The van der Waals surface area contributed by atoms with Crippen LogP contribution in [0.3, 0.4) is 0 Å². The minimum Gasteiger partial charge on any atom is -0.482 e. The molecule has 4 rings (SSSR count). The van der Waals surface area contributed by atoms with Gasteiger partial charge in [-0.1, -0.05) is 24.6 Å². The monoisotopic (exact) mass is 430 g/mol. The number of amides is 1. The van der Waals surface area contributed by atoms with Gasteiger partial charge in [0.2, 0.25) is 16.1 Å². The molecule has 1 fully saturated rings. The SMILES string of the molecule is Cc1ccc(NC(=O)[C@H]2Oc3ccccc3O[C@H]2C)cc1S(=O)(=O)N1CCCCC1. The molecule has 2 atom stereocenters. The fourth-order valence-corrected chi connectivity index (χ4v) is 5.59. The van der Waals surface area contributed by atoms with Gasteiger partial charge in [0, 0.05) is 18.8 Å². The number of carbonyl (C=O) groups is 1. The van der Waals surface area contributed by atoms with Crippen LogP contribution in [0.15, 0.2) is 47.4 Å². The molecule has 2 aliphatic rings. The Labute approximate surface area is 177 Å². The normalized spacial score (nSPS) is 21.8. The summed E-state index contributed by atoms with van der Waals surface area (Å²) in [4.78, 5) is 13.1. The first-order valence-electron chi connectivity index (χ1n) is 10.2. The van der Waals surface area contributed by atoms with E-state index in [4.69, 9.17) is 9.47 Å². The molecule has 2 aliphatic heterocycles. The Bertz CT molecular complexity index is 1050. The van der Waals surface area contributed by atoms with Crippen LogP contribution in [-0.2, 0) is 14.8 Å². The van der Waals surface area contributed by atoms with Crippen LogP contribution in [-0.4, -0.2) is 43.9 Å². The molecule has 30 heavy (non-hydrogen) atoms. The van der Waals surface area contributed by atoms with E-state index >= 15 is 0 Å². The molecule has 7 nitrogen and oxygen atoms in total. The Morgan fingerprint density at radius 2 is 1.70 bits per heavy atom. The number of aryl methyl sites for hydroxylation is 1. The van der Waals surface area contributed by atoms with Gasteiger partial charge in [0.1, 0.15) is 6.10 Å². The molecule has 0 aliphatic carbocycles. The number of piperidine rings is 1. The predicted molar refractivity (Wildman–Crippen MR) is 113 cm³/mol. The van der Waals surface area contributed by atoms with E-state index in [2.05, 4.69) is 5.32 Å². The highest BCUT2D eigenvalue weighted by Crippen LogP contribution is 2.34. The van der Waals surface area contributed by atoms with Crippen molar-refractivity contribution in [3.05, 3.63) is 48.0 Å². The topological polar surface area (TPSA) is 84.9 Å². The Kier molecular flexibility index (Phi) is 5.71. The van der Waals surface area contributed by atoms with Gasteiger partial charge in [-0.25, -0.2) is 8.42 Å². The van der Waals surface area contributed by atoms with Gasteiger partial charge in [-0.15, -0.1) is 0 Å². The maximum absolute atomic E-state index is 13.1. The van der Waals surface area contributed by atoms with E-state index in [1.165, 1.54) is 10.4 Å². The fraction of sp³-hybridized carbons (Fsp3) is 0.409. The summed E-state index contributed by atoms with van der Waals surface area (Å²) in [5.74, 6) is 0.717. The lowest BCUT2D eigenvalue weighted by Crippen LogP contribution is -2.46. The quantitative estimate of drug-likeness (QED) is 0.804. The van der Waals surface area contributed by atoms with E-state index in [-0.39, 0.29) is 10.8 Å². The lowest BCUT2D eigenvalue weighted by Gasteiger charge is -2.31. The van der Waals surface area contributed by atoms with Gasteiger partial charge in [0.15, 0.2) is 11.5 Å². The van der Waals surface area contributed by atoms with Crippen molar-refractivity contribution in [3.63, 3.8) is 0 Å². The average Bonchev–Trinajstić information content (AvgIpc) is 2.75. The molecule has 0 saturated carbocycles. The van der Waals surface area contributed by atoms with Gasteiger partial charge in [-0.3, -0.25) is 4.79 Å². The number of nitrogens with one attached hydrogen (secondary N) is 1. The number of anilines is 1. The zero-order valence-electron chi connectivity index (χ0n) is 17.1. The van der Waals surface area contributed by atoms with Crippen LogP contribution in [0.5, 0.6) is 11.5 Å². The van der Waals surface area contributed by atoms with Crippen LogP contribution in [0.4, 0.5) is 5.69 Å². The van der Waals surface area contributed by atoms with E-state index in [9.17, 15) is 13.2 Å². The van der Waals surface area contributed by atoms with E-state index < -0.39 is 22.2 Å². The zero-order valence-corrected chi connectivity index (χ0v) is 17.9. The van der Waals surface area contributed by atoms with Crippen molar-refractivity contribution >= 4 is 21.6 Å². The smallest absolute Gasteiger partial charge is 0.269 e. The summed E-state index contributed by atoms with van der Waals surface area (Å²) in [6.45, 7) is 4.59. The third-order valence-corrected chi connectivity index (χ3v) is 7.53. The van der Waals surface area contributed by atoms with Crippen LogP contribution in [0, 0.1) is 6.92 Å². The summed E-state index contributed by atoms with van der Waals surface area (Å²) in [5, 5.41) is 2.79. The molecule has 1 amide bonds. The van der Waals surface area contributed by atoms with E-state index in [0.29, 0.717) is 35.8 Å². The summed E-state index contributed by atoms with van der Waals surface area (Å²) in [5.41, 5.74) is 1.06. The first-order valence-corrected chi connectivity index (χ1v) is 11.6. The van der Waals surface area contributed by atoms with Crippen LogP contribution in [0.25, 0.3) is 0 Å². The van der Waals surface area contributed by atoms with Gasteiger partial charge < -0.3 is 14.8 Å². The number of nitrogens with zero attached hydrogens (tertiary/aromatic N) is 1. The maximum Gasteiger partial charge on any atom is 0.269 e. The minimum absolute atomic E-state index is 0.224. The third-order valence-electron chi connectivity index (χ3n) is 5.49. The maximum atomic E-state index is 13.1. The summed E-state index contributed by atoms with van der Waals surface area (Å²) in [7, 11) is -3.60. The van der Waals surface area contributed by atoms with Gasteiger partial charge >= 0.3 is 0 Å². The van der Waals surface area contributed by atoms with Gasteiger partial charge in [0.25, 0.3) is 5.91 Å². The summed E-state index contributed by atoms with van der Waals surface area (Å²) in [6, 6.07) is 12.1. The molecular formula is C22H26N2O5S. The number of hydrogen-bond donors (Lipinski definition) is 1. The van der Waals surface area contributed by atoms with Crippen LogP contribution < -0.4 is 14.8 Å². The lowest BCUT2D eigenvalue weighted by atomic mass is 10.1. The number of para-hydroxylation sites is 2. The Hall–Kier alpha value is -2.58. The number of benzene rings is 2. The molecule has 160 valence electrons. The number of hydrogen-bond acceptors (Lipinski definition) is 5. The molecule has 1 saturated heterocycles. The fourth-order valence-electron chi connectivity index (χ4n) is 3.82. The average molecular weight is 431 g/mol. The van der Waals surface area contributed by atoms with Crippen molar-refractivity contribution < 1.29 is 22.7 Å². The molecule has 8 heteroatoms.